The number of carboxylic acids is 1. The smallest absolute Gasteiger partial charge is 0.307 e. The van der Waals surface area contributed by atoms with Crippen LogP contribution in [0.1, 0.15) is 12.0 Å². The van der Waals surface area contributed by atoms with Crippen LogP contribution in [0.2, 0.25) is 0 Å². The molecular weight excluding hydrogens is 312 g/mol. The number of hydrogen-bond donors (Lipinski definition) is 2. The van der Waals surface area contributed by atoms with Crippen LogP contribution in [0.4, 0.5) is 5.69 Å². The Morgan fingerprint density at radius 1 is 1.30 bits per heavy atom. The number of thiocyanates is 1. The lowest BCUT2D eigenvalue weighted by Crippen LogP contribution is -2.36. The number of thioether (sulfide) groups is 1. The predicted molar refractivity (Wildman–Crippen MR) is 86.6 cm³/mol. The molecular formula is C17H16N2O3S. The highest BCUT2D eigenvalue weighted by Crippen LogP contribution is 2.48. The van der Waals surface area contributed by atoms with Crippen LogP contribution in [0.25, 0.3) is 0 Å². The number of carboxylic acid groups (broad SMARTS) is 1. The summed E-state index contributed by atoms with van der Waals surface area (Å²) in [4.78, 5) is 24.9. The molecule has 0 radical (unpaired) electrons. The molecule has 6 heteroatoms. The van der Waals surface area contributed by atoms with Crippen LogP contribution < -0.4 is 5.32 Å². The number of carbonyl (C=O) groups excluding carboxylic acids is 1. The van der Waals surface area contributed by atoms with E-state index in [1.807, 2.05) is 30.5 Å². The largest absolute Gasteiger partial charge is 0.481 e. The molecule has 0 aliphatic heterocycles. The molecule has 3 rings (SSSR count). The number of allylic oxidation sites excluding steroid dienone is 2. The van der Waals surface area contributed by atoms with Gasteiger partial charge in [-0.2, -0.15) is 5.26 Å². The predicted octanol–water partition coefficient (Wildman–Crippen LogP) is 3.03. The number of carbonyl (C=O) groups is 2. The van der Waals surface area contributed by atoms with Crippen molar-refractivity contribution in [2.24, 2.45) is 23.7 Å². The monoisotopic (exact) mass is 328 g/mol. The molecule has 1 aromatic rings. The Hall–Kier alpha value is -2.26. The standard InChI is InChI=1S/C17H16N2O3S/c1-9-6-12(23-8-18)4-5-13(9)19-16(20)14-10-2-3-11(7-10)15(14)17(21)22/h2-6,10-11,14-15H,7H2,1H3,(H,19,20)(H,21,22)/t10-,11-,14+,15+/m0/s1. The SMILES string of the molecule is Cc1cc(SC#N)ccc1NC(=O)[C@H]1[C@H](C(=O)O)[C@H]2C=C[C@H]1C2. The van der Waals surface area contributed by atoms with E-state index in [4.69, 9.17) is 5.26 Å². The van der Waals surface area contributed by atoms with E-state index in [9.17, 15) is 14.7 Å². The van der Waals surface area contributed by atoms with Crippen molar-refractivity contribution in [1.29, 1.82) is 5.26 Å². The van der Waals surface area contributed by atoms with Crippen LogP contribution in [0.15, 0.2) is 35.2 Å². The molecule has 4 atom stereocenters. The zero-order valence-corrected chi connectivity index (χ0v) is 13.3. The maximum Gasteiger partial charge on any atom is 0.307 e. The summed E-state index contributed by atoms with van der Waals surface area (Å²) >= 11 is 1.06. The second-order valence-electron chi connectivity index (χ2n) is 6.00. The van der Waals surface area contributed by atoms with Gasteiger partial charge in [0.05, 0.1) is 11.8 Å². The van der Waals surface area contributed by atoms with Gasteiger partial charge in [0, 0.05) is 10.6 Å². The van der Waals surface area contributed by atoms with Crippen molar-refractivity contribution in [3.63, 3.8) is 0 Å². The van der Waals surface area contributed by atoms with Gasteiger partial charge < -0.3 is 10.4 Å². The van der Waals surface area contributed by atoms with Crippen LogP contribution in [-0.2, 0) is 9.59 Å². The molecule has 0 aromatic heterocycles. The zero-order chi connectivity index (χ0) is 16.6. The van der Waals surface area contributed by atoms with E-state index in [0.717, 1.165) is 28.6 Å². The summed E-state index contributed by atoms with van der Waals surface area (Å²) in [7, 11) is 0. The number of fused-ring (bicyclic) bond motifs is 2. The summed E-state index contributed by atoms with van der Waals surface area (Å²) in [5, 5.41) is 23.0. The summed E-state index contributed by atoms with van der Waals surface area (Å²) in [5.74, 6) is -2.33. The number of aliphatic carboxylic acids is 1. The van der Waals surface area contributed by atoms with Gasteiger partial charge in [-0.15, -0.1) is 0 Å². The van der Waals surface area contributed by atoms with Crippen LogP contribution in [0.5, 0.6) is 0 Å². The van der Waals surface area contributed by atoms with E-state index in [2.05, 4.69) is 5.32 Å². The Morgan fingerprint density at radius 3 is 2.61 bits per heavy atom. The minimum absolute atomic E-state index is 0.00910. The van der Waals surface area contributed by atoms with E-state index in [0.29, 0.717) is 5.69 Å². The normalized spacial score (nSPS) is 27.7. The third-order valence-corrected chi connectivity index (χ3v) is 5.25. The third-order valence-electron chi connectivity index (χ3n) is 4.67. The van der Waals surface area contributed by atoms with Gasteiger partial charge in [-0.25, -0.2) is 0 Å². The third kappa shape index (κ3) is 2.84. The number of amides is 1. The highest BCUT2D eigenvalue weighted by Gasteiger charge is 2.51. The van der Waals surface area contributed by atoms with Crippen molar-refractivity contribution in [2.45, 2.75) is 18.2 Å². The van der Waals surface area contributed by atoms with Crippen LogP contribution in [-0.4, -0.2) is 17.0 Å². The molecule has 118 valence electrons. The van der Waals surface area contributed by atoms with Crippen LogP contribution >= 0.6 is 11.8 Å². The summed E-state index contributed by atoms with van der Waals surface area (Å²) < 4.78 is 0. The lowest BCUT2D eigenvalue weighted by Gasteiger charge is -2.24. The van der Waals surface area contributed by atoms with Gasteiger partial charge in [0.25, 0.3) is 0 Å². The van der Waals surface area contributed by atoms with Crippen molar-refractivity contribution >= 4 is 29.3 Å². The summed E-state index contributed by atoms with van der Waals surface area (Å²) in [6, 6.07) is 5.36. The van der Waals surface area contributed by atoms with E-state index in [1.165, 1.54) is 0 Å². The molecule has 1 fully saturated rings. The number of anilines is 1. The second kappa shape index (κ2) is 6.09. The minimum Gasteiger partial charge on any atom is -0.481 e. The summed E-state index contributed by atoms with van der Waals surface area (Å²) in [5.41, 5.74) is 1.51. The number of nitrogens with one attached hydrogen (secondary N) is 1. The van der Waals surface area contributed by atoms with Gasteiger partial charge in [-0.1, -0.05) is 12.2 Å². The van der Waals surface area contributed by atoms with Crippen molar-refractivity contribution in [3.8, 4) is 5.40 Å². The topological polar surface area (TPSA) is 90.2 Å². The first-order valence-corrected chi connectivity index (χ1v) is 8.21. The molecule has 1 amide bonds. The summed E-state index contributed by atoms with van der Waals surface area (Å²) in [6.07, 6.45) is 4.63. The molecule has 1 saturated carbocycles. The number of aryl methyl sites for hydroxylation is 1. The number of nitrogens with zero attached hydrogens (tertiary/aromatic N) is 1. The molecule has 2 N–H and O–H groups in total. The molecule has 5 nitrogen and oxygen atoms in total. The lowest BCUT2D eigenvalue weighted by molar-refractivity contribution is -0.146. The molecule has 0 spiro atoms. The first kappa shape index (κ1) is 15.6. The number of rotatable bonds is 4. The maximum absolute atomic E-state index is 12.6. The Bertz CT molecular complexity index is 738. The first-order chi connectivity index (χ1) is 11.0. The summed E-state index contributed by atoms with van der Waals surface area (Å²) in [6.45, 7) is 1.85. The highest BCUT2D eigenvalue weighted by atomic mass is 32.2. The molecule has 23 heavy (non-hydrogen) atoms. The van der Waals surface area contributed by atoms with E-state index >= 15 is 0 Å². The molecule has 0 unspecified atom stereocenters. The van der Waals surface area contributed by atoms with Gasteiger partial charge in [0.2, 0.25) is 5.91 Å². The Kier molecular flexibility index (Phi) is 4.14. The molecule has 1 aromatic carbocycles. The van der Waals surface area contributed by atoms with Crippen LogP contribution in [0, 0.1) is 41.3 Å². The minimum atomic E-state index is -0.903. The average molecular weight is 328 g/mol. The van der Waals surface area contributed by atoms with Gasteiger partial charge in [0.1, 0.15) is 5.40 Å². The Morgan fingerprint density at radius 2 is 2.00 bits per heavy atom. The highest BCUT2D eigenvalue weighted by molar-refractivity contribution is 8.03. The average Bonchev–Trinajstić information content (AvgIpc) is 3.11. The molecule has 0 saturated heterocycles. The fraction of sp³-hybridized carbons (Fsp3) is 0.353. The quantitative estimate of drug-likeness (QED) is 0.504. The Balaban J connectivity index is 1.78. The van der Waals surface area contributed by atoms with E-state index < -0.39 is 17.8 Å². The first-order valence-electron chi connectivity index (χ1n) is 7.40. The fourth-order valence-electron chi connectivity index (χ4n) is 3.63. The van der Waals surface area contributed by atoms with E-state index in [-0.39, 0.29) is 17.7 Å². The van der Waals surface area contributed by atoms with Crippen molar-refractivity contribution in [2.75, 3.05) is 5.32 Å². The molecule has 2 bridgehead atoms. The number of benzene rings is 1. The van der Waals surface area contributed by atoms with E-state index in [1.54, 1.807) is 12.1 Å². The fourth-order valence-corrected chi connectivity index (χ4v) is 4.10. The van der Waals surface area contributed by atoms with Gasteiger partial charge in [0.15, 0.2) is 0 Å². The number of nitriles is 1. The van der Waals surface area contributed by atoms with Gasteiger partial charge in [-0.3, -0.25) is 9.59 Å². The molecule has 0 heterocycles. The van der Waals surface area contributed by atoms with Crippen LogP contribution in [0.3, 0.4) is 0 Å². The Labute approximate surface area is 138 Å². The molecule has 2 aliphatic carbocycles. The lowest BCUT2D eigenvalue weighted by atomic mass is 9.82. The zero-order valence-electron chi connectivity index (χ0n) is 12.5. The molecule has 2 aliphatic rings. The van der Waals surface area contributed by atoms with Crippen molar-refractivity contribution in [1.82, 2.24) is 0 Å². The van der Waals surface area contributed by atoms with Gasteiger partial charge in [-0.05, 0) is 60.7 Å². The number of hydrogen-bond acceptors (Lipinski definition) is 4. The van der Waals surface area contributed by atoms with Crippen molar-refractivity contribution in [3.05, 3.63) is 35.9 Å². The maximum atomic E-state index is 12.6. The van der Waals surface area contributed by atoms with Gasteiger partial charge >= 0.3 is 5.97 Å². The van der Waals surface area contributed by atoms with Crippen molar-refractivity contribution < 1.29 is 14.7 Å². The second-order valence-corrected chi connectivity index (χ2v) is 6.86.